The van der Waals surface area contributed by atoms with E-state index in [4.69, 9.17) is 4.74 Å². The fourth-order valence-electron chi connectivity index (χ4n) is 2.73. The van der Waals surface area contributed by atoms with E-state index in [1.807, 2.05) is 0 Å². The van der Waals surface area contributed by atoms with Gasteiger partial charge in [-0.3, -0.25) is 0 Å². The Balaban J connectivity index is 2.17. The van der Waals surface area contributed by atoms with Crippen LogP contribution in [0.5, 0.6) is 5.75 Å². The lowest BCUT2D eigenvalue weighted by Crippen LogP contribution is -2.30. The quantitative estimate of drug-likeness (QED) is 0.858. The van der Waals surface area contributed by atoms with Crippen LogP contribution in [0.2, 0.25) is 0 Å². The molecule has 1 N–H and O–H groups in total. The Kier molecular flexibility index (Phi) is 5.92. The number of hydrogen-bond donors (Lipinski definition) is 1. The van der Waals surface area contributed by atoms with Crippen LogP contribution in [0, 0.1) is 0 Å². The van der Waals surface area contributed by atoms with Crippen LogP contribution in [0.3, 0.4) is 0 Å². The van der Waals surface area contributed by atoms with Crippen molar-refractivity contribution < 1.29 is 4.74 Å². The highest BCUT2D eigenvalue weighted by molar-refractivity contribution is 5.60. The van der Waals surface area contributed by atoms with E-state index < -0.39 is 0 Å². The summed E-state index contributed by atoms with van der Waals surface area (Å²) in [7, 11) is 0. The molecule has 118 valence electrons. The molecule has 1 fully saturated rings. The number of hydrogen-bond acceptors (Lipinski definition) is 3. The Morgan fingerprint density at radius 3 is 2.43 bits per heavy atom. The molecule has 1 heterocycles. The summed E-state index contributed by atoms with van der Waals surface area (Å²) in [6.07, 6.45) is 4.14. The van der Waals surface area contributed by atoms with E-state index in [1.54, 1.807) is 0 Å². The monoisotopic (exact) mass is 290 g/mol. The third-order valence-corrected chi connectivity index (χ3v) is 3.80. The molecule has 3 heteroatoms. The molecule has 0 atom stereocenters. The molecular formula is C18H30N2O. The van der Waals surface area contributed by atoms with Gasteiger partial charge in [0.05, 0.1) is 11.8 Å². The lowest BCUT2D eigenvalue weighted by molar-refractivity contribution is 0.242. The smallest absolute Gasteiger partial charge is 0.143 e. The first-order chi connectivity index (χ1) is 10.1. The number of ether oxygens (including phenoxy) is 1. The zero-order valence-electron chi connectivity index (χ0n) is 14.0. The summed E-state index contributed by atoms with van der Waals surface area (Å²) in [4.78, 5) is 2.47. The third-order valence-electron chi connectivity index (χ3n) is 3.80. The minimum absolute atomic E-state index is 0.210. The maximum atomic E-state index is 6.08. The summed E-state index contributed by atoms with van der Waals surface area (Å²) < 4.78 is 6.08. The van der Waals surface area contributed by atoms with Gasteiger partial charge in [0.2, 0.25) is 0 Å². The second-order valence-corrected chi connectivity index (χ2v) is 6.55. The van der Waals surface area contributed by atoms with E-state index >= 15 is 0 Å². The van der Waals surface area contributed by atoms with E-state index in [9.17, 15) is 0 Å². The van der Waals surface area contributed by atoms with Gasteiger partial charge in [-0.15, -0.1) is 0 Å². The third kappa shape index (κ3) is 4.92. The number of nitrogens with zero attached hydrogens (tertiary/aromatic N) is 1. The van der Waals surface area contributed by atoms with Crippen molar-refractivity contribution in [3.8, 4) is 5.75 Å². The topological polar surface area (TPSA) is 24.5 Å². The van der Waals surface area contributed by atoms with Crippen LogP contribution < -0.4 is 15.0 Å². The second kappa shape index (κ2) is 7.69. The Labute approximate surface area is 129 Å². The lowest BCUT2D eigenvalue weighted by Gasteiger charge is -2.31. The maximum Gasteiger partial charge on any atom is 0.143 e. The van der Waals surface area contributed by atoms with Gasteiger partial charge in [-0.2, -0.15) is 0 Å². The molecule has 0 amide bonds. The predicted molar refractivity (Wildman–Crippen MR) is 90.2 cm³/mol. The molecule has 0 spiro atoms. The van der Waals surface area contributed by atoms with Crippen LogP contribution in [0.25, 0.3) is 0 Å². The molecule has 0 bridgehead atoms. The molecule has 0 saturated carbocycles. The van der Waals surface area contributed by atoms with Gasteiger partial charge in [-0.25, -0.2) is 0 Å². The van der Waals surface area contributed by atoms with Crippen molar-refractivity contribution in [2.24, 2.45) is 0 Å². The molecule has 0 aliphatic carbocycles. The van der Waals surface area contributed by atoms with Crippen LogP contribution in [0.15, 0.2) is 18.2 Å². The van der Waals surface area contributed by atoms with E-state index in [-0.39, 0.29) is 6.10 Å². The van der Waals surface area contributed by atoms with Crippen LogP contribution in [0.4, 0.5) is 5.69 Å². The second-order valence-electron chi connectivity index (χ2n) is 6.55. The van der Waals surface area contributed by atoms with Crippen molar-refractivity contribution in [1.29, 1.82) is 0 Å². The highest BCUT2D eigenvalue weighted by atomic mass is 16.5. The van der Waals surface area contributed by atoms with Crippen molar-refractivity contribution in [1.82, 2.24) is 5.32 Å². The van der Waals surface area contributed by atoms with E-state index in [0.717, 1.165) is 25.4 Å². The maximum absolute atomic E-state index is 6.08. The van der Waals surface area contributed by atoms with Crippen molar-refractivity contribution >= 4 is 5.69 Å². The molecule has 2 rings (SSSR count). The summed E-state index contributed by atoms with van der Waals surface area (Å²) in [5, 5.41) is 3.47. The van der Waals surface area contributed by atoms with E-state index in [2.05, 4.69) is 56.1 Å². The van der Waals surface area contributed by atoms with Gasteiger partial charge in [0, 0.05) is 25.7 Å². The lowest BCUT2D eigenvalue weighted by atomic mass is 10.1. The molecule has 0 aromatic heterocycles. The van der Waals surface area contributed by atoms with Crippen LogP contribution in [0.1, 0.15) is 52.5 Å². The Morgan fingerprint density at radius 2 is 1.81 bits per heavy atom. The largest absolute Gasteiger partial charge is 0.489 e. The number of benzene rings is 1. The zero-order chi connectivity index (χ0) is 15.2. The first kappa shape index (κ1) is 16.2. The molecule has 1 aromatic rings. The molecule has 0 unspecified atom stereocenters. The standard InChI is InChI=1S/C18H30N2O/c1-14(2)19-13-16-8-9-17(18(12-16)21-15(3)4)20-10-6-5-7-11-20/h8-9,12,14-15,19H,5-7,10-11,13H2,1-4H3. The average Bonchev–Trinajstić information content (AvgIpc) is 2.45. The van der Waals surface area contributed by atoms with E-state index in [1.165, 1.54) is 30.5 Å². The van der Waals surface area contributed by atoms with Crippen LogP contribution in [-0.2, 0) is 6.54 Å². The van der Waals surface area contributed by atoms with Gasteiger partial charge in [0.1, 0.15) is 5.75 Å². The van der Waals surface area contributed by atoms with Crippen molar-refractivity contribution in [2.75, 3.05) is 18.0 Å². The van der Waals surface area contributed by atoms with Crippen LogP contribution >= 0.6 is 0 Å². The highest BCUT2D eigenvalue weighted by Crippen LogP contribution is 2.32. The van der Waals surface area contributed by atoms with Crippen molar-refractivity contribution in [3.63, 3.8) is 0 Å². The number of rotatable bonds is 6. The summed E-state index contributed by atoms with van der Waals surface area (Å²) in [6.45, 7) is 11.7. The number of anilines is 1. The molecular weight excluding hydrogens is 260 g/mol. The summed E-state index contributed by atoms with van der Waals surface area (Å²) in [5.41, 5.74) is 2.55. The molecule has 1 saturated heterocycles. The Bertz CT molecular complexity index is 437. The van der Waals surface area contributed by atoms with Gasteiger partial charge >= 0.3 is 0 Å². The zero-order valence-corrected chi connectivity index (χ0v) is 14.0. The van der Waals surface area contributed by atoms with Crippen molar-refractivity contribution in [2.45, 2.75) is 65.6 Å². The number of nitrogens with one attached hydrogen (secondary N) is 1. The molecule has 1 aromatic carbocycles. The molecule has 3 nitrogen and oxygen atoms in total. The SMILES string of the molecule is CC(C)NCc1ccc(N2CCCCC2)c(OC(C)C)c1. The summed E-state index contributed by atoms with van der Waals surface area (Å²) in [5.74, 6) is 1.04. The Hall–Kier alpha value is -1.22. The highest BCUT2D eigenvalue weighted by Gasteiger charge is 2.16. The fourth-order valence-corrected chi connectivity index (χ4v) is 2.73. The normalized spacial score (nSPS) is 15.8. The Morgan fingerprint density at radius 1 is 1.10 bits per heavy atom. The molecule has 1 aliphatic rings. The van der Waals surface area contributed by atoms with Gasteiger partial charge in [-0.05, 0) is 50.8 Å². The fraction of sp³-hybridized carbons (Fsp3) is 0.667. The summed E-state index contributed by atoms with van der Waals surface area (Å²) in [6, 6.07) is 7.17. The van der Waals surface area contributed by atoms with E-state index in [0.29, 0.717) is 6.04 Å². The average molecular weight is 290 g/mol. The number of piperidine rings is 1. The van der Waals surface area contributed by atoms with Gasteiger partial charge < -0.3 is 15.0 Å². The summed E-state index contributed by atoms with van der Waals surface area (Å²) >= 11 is 0. The van der Waals surface area contributed by atoms with Crippen molar-refractivity contribution in [3.05, 3.63) is 23.8 Å². The minimum Gasteiger partial charge on any atom is -0.489 e. The first-order valence-corrected chi connectivity index (χ1v) is 8.34. The minimum atomic E-state index is 0.210. The first-order valence-electron chi connectivity index (χ1n) is 8.34. The predicted octanol–water partition coefficient (Wildman–Crippen LogP) is 3.96. The van der Waals surface area contributed by atoms with Gasteiger partial charge in [0.25, 0.3) is 0 Å². The molecule has 1 aliphatic heterocycles. The molecule has 21 heavy (non-hydrogen) atoms. The van der Waals surface area contributed by atoms with Gasteiger partial charge in [0.15, 0.2) is 0 Å². The van der Waals surface area contributed by atoms with Gasteiger partial charge in [-0.1, -0.05) is 19.9 Å². The van der Waals surface area contributed by atoms with Crippen LogP contribution in [-0.4, -0.2) is 25.2 Å². The molecule has 0 radical (unpaired) electrons.